The number of rotatable bonds is 1. The first-order chi connectivity index (χ1) is 3.81. The molecule has 0 aliphatic rings. The number of halogens is 1. The monoisotopic (exact) mass is 220 g/mol. The summed E-state index contributed by atoms with van der Waals surface area (Å²) in [6.45, 7) is 0. The van der Waals surface area contributed by atoms with Crippen molar-refractivity contribution in [2.24, 2.45) is 0 Å². The van der Waals surface area contributed by atoms with E-state index in [1.54, 1.807) is 0 Å². The van der Waals surface area contributed by atoms with Crippen LogP contribution in [0.4, 0.5) is 0 Å². The summed E-state index contributed by atoms with van der Waals surface area (Å²) in [7, 11) is 6.61. The zero-order valence-corrected chi connectivity index (χ0v) is 6.93. The standard InChI is InChI=1S/C3H5NO2.ClH.Mo/c1-6-3(5)2-4;;/h2,5H,1H3;1H;/q+1;;+1/p-1/b3-2+;;. The van der Waals surface area contributed by atoms with Crippen molar-refractivity contribution in [1.29, 1.82) is 0 Å². The van der Waals surface area contributed by atoms with Crippen LogP contribution in [-0.4, -0.2) is 12.2 Å². The molecular weight excluding hydrogens is 213 g/mol. The summed E-state index contributed by atoms with van der Waals surface area (Å²) in [5, 5.41) is 8.50. The Morgan fingerprint density at radius 2 is 2.62 bits per heavy atom. The van der Waals surface area contributed by atoms with Gasteiger partial charge in [-0.15, -0.1) is 0 Å². The molecule has 5 heteroatoms. The third-order valence-electron chi connectivity index (χ3n) is 0.412. The molecule has 0 unspecified atom stereocenters. The van der Waals surface area contributed by atoms with Crippen LogP contribution in [0.25, 0.3) is 3.31 Å². The van der Waals surface area contributed by atoms with Crippen molar-refractivity contribution in [2.75, 3.05) is 7.11 Å². The quantitative estimate of drug-likeness (QED) is 0.535. The van der Waals surface area contributed by atoms with Crippen LogP contribution in [0.5, 0.6) is 0 Å². The van der Waals surface area contributed by atoms with E-state index in [0.717, 1.165) is 0 Å². The van der Waals surface area contributed by atoms with Gasteiger partial charge in [-0.2, -0.15) is 0 Å². The second-order valence-electron chi connectivity index (χ2n) is 0.846. The molecule has 1 N–H and O–H groups in total. The summed E-state index contributed by atoms with van der Waals surface area (Å²) in [6, 6.07) is 0. The van der Waals surface area contributed by atoms with Crippen LogP contribution in [0.3, 0.4) is 0 Å². The van der Waals surface area contributed by atoms with Gasteiger partial charge < -0.3 is 0 Å². The van der Waals surface area contributed by atoms with Crippen LogP contribution >= 0.6 is 9.42 Å². The molecule has 0 heterocycles. The first kappa shape index (κ1) is 8.03. The van der Waals surface area contributed by atoms with Gasteiger partial charge in [-0.3, -0.25) is 0 Å². The number of methoxy groups -OCH3 is 1. The zero-order chi connectivity index (χ0) is 6.41. The number of aliphatic hydroxyl groups excluding tert-OH is 1. The van der Waals surface area contributed by atoms with Gasteiger partial charge in [0.25, 0.3) is 0 Å². The average molecular weight is 218 g/mol. The molecule has 8 heavy (non-hydrogen) atoms. The summed E-state index contributed by atoms with van der Waals surface area (Å²) in [6.07, 6.45) is 1.20. The van der Waals surface area contributed by atoms with Crippen LogP contribution in [0.2, 0.25) is 0 Å². The molecule has 0 aliphatic heterocycles. The van der Waals surface area contributed by atoms with E-state index in [1.165, 1.54) is 13.3 Å². The van der Waals surface area contributed by atoms with E-state index in [1.807, 2.05) is 0 Å². The Balaban J connectivity index is 3.69. The Bertz CT molecular complexity index is 147. The molecule has 0 aliphatic carbocycles. The van der Waals surface area contributed by atoms with E-state index >= 15 is 0 Å². The SMILES string of the molecule is CO/C(O)=C/[N+]#[Mo][Cl]. The summed E-state index contributed by atoms with van der Waals surface area (Å²) < 4.78 is 7.94. The predicted molar refractivity (Wildman–Crippen MR) is 26.9 cm³/mol. The predicted octanol–water partition coefficient (Wildman–Crippen LogP) is 1.51. The van der Waals surface area contributed by atoms with Gasteiger partial charge in [-0.25, -0.2) is 0 Å². The average Bonchev–Trinajstić information content (AvgIpc) is 1.83. The van der Waals surface area contributed by atoms with Crippen LogP contribution in [0, 0.1) is 0 Å². The molecule has 0 fully saturated rings. The first-order valence-corrected chi connectivity index (χ1v) is 5.20. The molecule has 0 aromatic carbocycles. The number of nitrogens with zero attached hydrogens (tertiary/aromatic N) is 1. The van der Waals surface area contributed by atoms with Gasteiger partial charge in [0.1, 0.15) is 0 Å². The van der Waals surface area contributed by atoms with Crippen molar-refractivity contribution in [3.05, 3.63) is 15.5 Å². The molecule has 0 amide bonds. The third kappa shape index (κ3) is 4.19. The van der Waals surface area contributed by atoms with Crippen LogP contribution < -0.4 is 0 Å². The van der Waals surface area contributed by atoms with Gasteiger partial charge in [-0.05, 0) is 0 Å². The molecule has 0 saturated heterocycles. The zero-order valence-electron chi connectivity index (χ0n) is 4.17. The fourth-order valence-electron chi connectivity index (χ4n) is 0.118. The van der Waals surface area contributed by atoms with E-state index in [-0.39, 0.29) is 5.95 Å². The Hall–Kier alpha value is 0.0283. The Labute approximate surface area is 59.2 Å². The fraction of sp³-hybridized carbons (Fsp3) is 0.333. The number of ether oxygens (including phenoxy) is 1. The molecule has 0 rings (SSSR count). The van der Waals surface area contributed by atoms with Crippen LogP contribution in [-0.2, 0) is 21.9 Å². The Morgan fingerprint density at radius 3 is 3.00 bits per heavy atom. The van der Waals surface area contributed by atoms with Gasteiger partial charge >= 0.3 is 59.0 Å². The molecule has 0 bridgehead atoms. The van der Waals surface area contributed by atoms with Gasteiger partial charge in [0.15, 0.2) is 0 Å². The molecule has 3 nitrogen and oxygen atoms in total. The van der Waals surface area contributed by atoms with Crippen LogP contribution in [0.1, 0.15) is 0 Å². The van der Waals surface area contributed by atoms with Crippen molar-refractivity contribution < 1.29 is 27.0 Å². The van der Waals surface area contributed by atoms with E-state index in [2.05, 4.69) is 8.05 Å². The maximum absolute atomic E-state index is 8.50. The Kier molecular flexibility index (Phi) is 5.19. The number of aliphatic hydroxyl groups is 1. The molecule has 0 atom stereocenters. The normalized spacial score (nSPS) is 10.0. The summed E-state index contributed by atoms with van der Waals surface area (Å²) in [5.74, 6) is -0.198. The van der Waals surface area contributed by atoms with Crippen molar-refractivity contribution in [1.82, 2.24) is 0 Å². The van der Waals surface area contributed by atoms with Crippen molar-refractivity contribution >= 4 is 9.42 Å². The van der Waals surface area contributed by atoms with Gasteiger partial charge in [0.05, 0.1) is 0 Å². The molecule has 0 saturated carbocycles. The molecular formula is C3H5ClMoNO2+. The molecule has 0 spiro atoms. The second-order valence-corrected chi connectivity index (χ2v) is 2.52. The summed E-state index contributed by atoms with van der Waals surface area (Å²) >= 11 is -0.794. The molecule has 0 aromatic heterocycles. The Morgan fingerprint density at radius 1 is 2.00 bits per heavy atom. The summed E-state index contributed by atoms with van der Waals surface area (Å²) in [4.78, 5) is 0. The van der Waals surface area contributed by atoms with E-state index in [4.69, 9.17) is 14.5 Å². The van der Waals surface area contributed by atoms with Crippen LogP contribution in [0.15, 0.2) is 12.1 Å². The minimum absolute atomic E-state index is 0.198. The van der Waals surface area contributed by atoms with Crippen molar-refractivity contribution in [3.8, 4) is 0 Å². The molecule has 0 radical (unpaired) electrons. The molecule has 0 aromatic rings. The summed E-state index contributed by atoms with van der Waals surface area (Å²) in [5.41, 5.74) is 0. The molecule has 46 valence electrons. The van der Waals surface area contributed by atoms with E-state index in [0.29, 0.717) is 0 Å². The first-order valence-electron chi connectivity index (χ1n) is 1.72. The van der Waals surface area contributed by atoms with Crippen molar-refractivity contribution in [3.63, 3.8) is 0 Å². The van der Waals surface area contributed by atoms with E-state index < -0.39 is 17.2 Å². The number of hydrogen-bond acceptors (Lipinski definition) is 2. The third-order valence-corrected chi connectivity index (χ3v) is 1.34. The van der Waals surface area contributed by atoms with Crippen molar-refractivity contribution in [2.45, 2.75) is 0 Å². The number of hydrogen-bond donors (Lipinski definition) is 1. The van der Waals surface area contributed by atoms with Gasteiger partial charge in [0, 0.05) is 0 Å². The van der Waals surface area contributed by atoms with Gasteiger partial charge in [-0.1, -0.05) is 0 Å². The minimum atomic E-state index is -0.794. The van der Waals surface area contributed by atoms with E-state index in [9.17, 15) is 0 Å². The maximum atomic E-state index is 8.50. The topological polar surface area (TPSA) is 33.8 Å². The van der Waals surface area contributed by atoms with Gasteiger partial charge in [0.2, 0.25) is 0 Å². The second kappa shape index (κ2) is 5.17. The fourth-order valence-corrected chi connectivity index (χ4v) is 0.673.